The highest BCUT2D eigenvalue weighted by atomic mass is 127. The minimum atomic E-state index is -0.738. The number of hydrogen-bond donors (Lipinski definition) is 1. The van der Waals surface area contributed by atoms with Crippen molar-refractivity contribution in [2.24, 2.45) is 0 Å². The molecule has 2 aromatic rings. The predicted octanol–water partition coefficient (Wildman–Crippen LogP) is 4.82. The van der Waals surface area contributed by atoms with Gasteiger partial charge in [-0.05, 0) is 52.8 Å². The van der Waals surface area contributed by atoms with Crippen LogP contribution in [-0.2, 0) is 0 Å². The fourth-order valence-corrected chi connectivity index (χ4v) is 2.44. The molecule has 0 spiro atoms. The lowest BCUT2D eigenvalue weighted by Crippen LogP contribution is -2.05. The number of ether oxygens (including phenoxy) is 1. The zero-order valence-corrected chi connectivity index (χ0v) is 14.1. The second-order valence-corrected chi connectivity index (χ2v) is 6.03. The minimum Gasteiger partial charge on any atom is -0.493 e. The third-order valence-corrected chi connectivity index (χ3v) is 4.51. The summed E-state index contributed by atoms with van der Waals surface area (Å²) in [5.74, 6) is 0.719. The van der Waals surface area contributed by atoms with Gasteiger partial charge >= 0.3 is 0 Å². The second-order valence-electron chi connectivity index (χ2n) is 4.46. The van der Waals surface area contributed by atoms with Crippen molar-refractivity contribution in [1.82, 2.24) is 0 Å². The molecule has 0 aromatic heterocycles. The lowest BCUT2D eigenvalue weighted by atomic mass is 10.0. The Hall–Kier alpha value is -0.780. The summed E-state index contributed by atoms with van der Waals surface area (Å²) in [6.07, 6.45) is 0.192. The molecule has 0 amide bonds. The summed E-state index contributed by atoms with van der Waals surface area (Å²) in [6.45, 7) is 2.69. The molecule has 0 aliphatic heterocycles. The first kappa shape index (κ1) is 15.6. The zero-order valence-electron chi connectivity index (χ0n) is 11.1. The van der Waals surface area contributed by atoms with Crippen LogP contribution in [0.15, 0.2) is 42.5 Å². The maximum Gasteiger partial charge on any atom is 0.125 e. The molecule has 0 radical (unpaired) electrons. The van der Waals surface area contributed by atoms with Crippen molar-refractivity contribution < 1.29 is 9.84 Å². The molecule has 2 nitrogen and oxygen atoms in total. The Labute approximate surface area is 137 Å². The molecule has 1 unspecified atom stereocenters. The number of para-hydroxylation sites is 1. The van der Waals surface area contributed by atoms with Crippen molar-refractivity contribution in [1.29, 1.82) is 0 Å². The molecule has 0 saturated heterocycles. The van der Waals surface area contributed by atoms with E-state index in [2.05, 4.69) is 29.5 Å². The highest BCUT2D eigenvalue weighted by Gasteiger charge is 2.16. The third-order valence-electron chi connectivity index (χ3n) is 2.93. The SMILES string of the molecule is CCCOc1ccccc1C(O)c1ccc(I)c(Cl)c1. The first-order valence-corrected chi connectivity index (χ1v) is 7.94. The van der Waals surface area contributed by atoms with E-state index in [0.717, 1.165) is 26.9 Å². The van der Waals surface area contributed by atoms with Gasteiger partial charge < -0.3 is 9.84 Å². The van der Waals surface area contributed by atoms with Gasteiger partial charge in [-0.1, -0.05) is 42.8 Å². The molecule has 106 valence electrons. The molecule has 4 heteroatoms. The highest BCUT2D eigenvalue weighted by molar-refractivity contribution is 14.1. The van der Waals surface area contributed by atoms with Crippen LogP contribution in [0.25, 0.3) is 0 Å². The fourth-order valence-electron chi connectivity index (χ4n) is 1.91. The van der Waals surface area contributed by atoms with Gasteiger partial charge in [-0.25, -0.2) is 0 Å². The van der Waals surface area contributed by atoms with E-state index >= 15 is 0 Å². The van der Waals surface area contributed by atoms with Crippen molar-refractivity contribution >= 4 is 34.2 Å². The lowest BCUT2D eigenvalue weighted by molar-refractivity contribution is 0.210. The molecule has 20 heavy (non-hydrogen) atoms. The second kappa shape index (κ2) is 7.29. The molecule has 1 atom stereocenters. The summed E-state index contributed by atoms with van der Waals surface area (Å²) in [7, 11) is 0. The van der Waals surface area contributed by atoms with Crippen molar-refractivity contribution in [3.63, 3.8) is 0 Å². The summed E-state index contributed by atoms with van der Waals surface area (Å²) in [6, 6.07) is 13.1. The van der Waals surface area contributed by atoms with Gasteiger partial charge in [0.15, 0.2) is 0 Å². The Kier molecular flexibility index (Phi) is 5.69. The van der Waals surface area contributed by atoms with Crippen molar-refractivity contribution in [2.75, 3.05) is 6.61 Å². The molecule has 0 saturated carbocycles. The number of halogens is 2. The van der Waals surface area contributed by atoms with Gasteiger partial charge in [-0.15, -0.1) is 0 Å². The van der Waals surface area contributed by atoms with Gasteiger partial charge in [0.2, 0.25) is 0 Å². The Bertz CT molecular complexity index is 586. The van der Waals surface area contributed by atoms with Crippen LogP contribution in [0.5, 0.6) is 5.75 Å². The summed E-state index contributed by atoms with van der Waals surface area (Å²) in [4.78, 5) is 0. The van der Waals surface area contributed by atoms with Crippen LogP contribution in [0, 0.1) is 3.57 Å². The van der Waals surface area contributed by atoms with Crippen molar-refractivity contribution in [2.45, 2.75) is 19.4 Å². The van der Waals surface area contributed by atoms with Gasteiger partial charge in [0.05, 0.1) is 11.6 Å². The van der Waals surface area contributed by atoms with Crippen LogP contribution in [0.1, 0.15) is 30.6 Å². The Morgan fingerprint density at radius 3 is 2.70 bits per heavy atom. The summed E-state index contributed by atoms with van der Waals surface area (Å²) in [5.41, 5.74) is 1.53. The largest absolute Gasteiger partial charge is 0.493 e. The first-order chi connectivity index (χ1) is 9.63. The standard InChI is InChI=1S/C16H16ClIO2/c1-2-9-20-15-6-4-3-5-12(15)16(19)11-7-8-14(18)13(17)10-11/h3-8,10,16,19H,2,9H2,1H3. The van der Waals surface area contributed by atoms with Crippen molar-refractivity contribution in [3.05, 3.63) is 62.2 Å². The van der Waals surface area contributed by atoms with Crippen LogP contribution in [0.3, 0.4) is 0 Å². The van der Waals surface area contributed by atoms with Crippen LogP contribution < -0.4 is 4.74 Å². The molecule has 2 aromatic carbocycles. The molecular weight excluding hydrogens is 387 g/mol. The van der Waals surface area contributed by atoms with E-state index in [1.165, 1.54) is 0 Å². The number of rotatable bonds is 5. The summed E-state index contributed by atoms with van der Waals surface area (Å²) >= 11 is 8.28. The van der Waals surface area contributed by atoms with E-state index in [9.17, 15) is 5.11 Å². The molecule has 0 aliphatic rings. The third kappa shape index (κ3) is 3.65. The van der Waals surface area contributed by atoms with Gasteiger partial charge in [0.1, 0.15) is 11.9 Å². The van der Waals surface area contributed by atoms with Gasteiger partial charge in [-0.3, -0.25) is 0 Å². The molecule has 2 rings (SSSR count). The molecule has 1 N–H and O–H groups in total. The molecule has 0 fully saturated rings. The maximum atomic E-state index is 10.5. The topological polar surface area (TPSA) is 29.5 Å². The van der Waals surface area contributed by atoms with Crippen LogP contribution in [0.4, 0.5) is 0 Å². The average molecular weight is 403 g/mol. The average Bonchev–Trinajstić information content (AvgIpc) is 2.47. The molecule has 0 aliphatic carbocycles. The minimum absolute atomic E-state index is 0.636. The number of benzene rings is 2. The van der Waals surface area contributed by atoms with E-state index in [-0.39, 0.29) is 0 Å². The van der Waals surface area contributed by atoms with Gasteiger partial charge in [0.25, 0.3) is 0 Å². The fraction of sp³-hybridized carbons (Fsp3) is 0.250. The number of aliphatic hydroxyl groups is 1. The molecule has 0 bridgehead atoms. The van der Waals surface area contributed by atoms with E-state index in [1.54, 1.807) is 6.07 Å². The van der Waals surface area contributed by atoms with Crippen LogP contribution in [0.2, 0.25) is 5.02 Å². The zero-order chi connectivity index (χ0) is 14.5. The maximum absolute atomic E-state index is 10.5. The molecule has 0 heterocycles. The summed E-state index contributed by atoms with van der Waals surface area (Å²) < 4.78 is 6.66. The highest BCUT2D eigenvalue weighted by Crippen LogP contribution is 2.32. The lowest BCUT2D eigenvalue weighted by Gasteiger charge is -2.16. The predicted molar refractivity (Wildman–Crippen MR) is 90.5 cm³/mol. The van der Waals surface area contributed by atoms with E-state index < -0.39 is 6.10 Å². The quantitative estimate of drug-likeness (QED) is 0.727. The van der Waals surface area contributed by atoms with Gasteiger partial charge in [-0.2, -0.15) is 0 Å². The van der Waals surface area contributed by atoms with E-state index in [4.69, 9.17) is 16.3 Å². The number of aliphatic hydroxyl groups excluding tert-OH is 1. The van der Waals surface area contributed by atoms with E-state index in [0.29, 0.717) is 11.6 Å². The first-order valence-electron chi connectivity index (χ1n) is 6.48. The van der Waals surface area contributed by atoms with Crippen LogP contribution in [-0.4, -0.2) is 11.7 Å². The van der Waals surface area contributed by atoms with Crippen molar-refractivity contribution in [3.8, 4) is 5.75 Å². The Morgan fingerprint density at radius 1 is 1.25 bits per heavy atom. The molecular formula is C16H16ClIO2. The Balaban J connectivity index is 2.32. The van der Waals surface area contributed by atoms with Crippen LogP contribution >= 0.6 is 34.2 Å². The van der Waals surface area contributed by atoms with E-state index in [1.807, 2.05) is 36.4 Å². The smallest absolute Gasteiger partial charge is 0.125 e. The number of hydrogen-bond acceptors (Lipinski definition) is 2. The monoisotopic (exact) mass is 402 g/mol. The Morgan fingerprint density at radius 2 is 2.00 bits per heavy atom. The summed E-state index contributed by atoms with van der Waals surface area (Å²) in [5, 5.41) is 11.2. The normalized spacial score (nSPS) is 12.2. The van der Waals surface area contributed by atoms with Gasteiger partial charge in [0, 0.05) is 9.13 Å².